The fourth-order valence-corrected chi connectivity index (χ4v) is 2.04. The van der Waals surface area contributed by atoms with Crippen molar-refractivity contribution < 1.29 is 27.1 Å². The SMILES string of the molecule is O=C(OCc1ccccc1)c1cc(F)cc(C(F)(F)F)c1Cl. The van der Waals surface area contributed by atoms with Crippen molar-refractivity contribution in [3.8, 4) is 0 Å². The Morgan fingerprint density at radius 2 is 1.77 bits per heavy atom. The van der Waals surface area contributed by atoms with Crippen molar-refractivity contribution in [2.45, 2.75) is 12.8 Å². The van der Waals surface area contributed by atoms with Crippen LogP contribution in [0.4, 0.5) is 17.6 Å². The molecule has 0 heterocycles. The molecule has 0 bridgehead atoms. The van der Waals surface area contributed by atoms with Gasteiger partial charge in [0.15, 0.2) is 0 Å². The number of hydrogen-bond donors (Lipinski definition) is 0. The van der Waals surface area contributed by atoms with Crippen molar-refractivity contribution in [1.82, 2.24) is 0 Å². The predicted molar refractivity (Wildman–Crippen MR) is 72.0 cm³/mol. The quantitative estimate of drug-likeness (QED) is 0.593. The highest BCUT2D eigenvalue weighted by Gasteiger charge is 2.36. The molecule has 0 atom stereocenters. The van der Waals surface area contributed by atoms with E-state index in [2.05, 4.69) is 0 Å². The van der Waals surface area contributed by atoms with E-state index in [1.54, 1.807) is 30.3 Å². The van der Waals surface area contributed by atoms with Crippen LogP contribution in [-0.4, -0.2) is 5.97 Å². The van der Waals surface area contributed by atoms with E-state index in [-0.39, 0.29) is 12.7 Å². The molecule has 2 aromatic carbocycles. The van der Waals surface area contributed by atoms with Gasteiger partial charge in [-0.15, -0.1) is 0 Å². The molecule has 0 saturated carbocycles. The molecule has 0 aliphatic heterocycles. The van der Waals surface area contributed by atoms with Crippen LogP contribution in [0.5, 0.6) is 0 Å². The molecule has 116 valence electrons. The van der Waals surface area contributed by atoms with Crippen LogP contribution < -0.4 is 0 Å². The highest BCUT2D eigenvalue weighted by atomic mass is 35.5. The topological polar surface area (TPSA) is 26.3 Å². The summed E-state index contributed by atoms with van der Waals surface area (Å²) in [6, 6.07) is 9.36. The molecule has 0 aliphatic carbocycles. The molecule has 0 aliphatic rings. The van der Waals surface area contributed by atoms with E-state index in [0.29, 0.717) is 11.6 Å². The first kappa shape index (κ1) is 16.3. The normalized spacial score (nSPS) is 11.3. The van der Waals surface area contributed by atoms with E-state index >= 15 is 0 Å². The third kappa shape index (κ3) is 3.76. The molecule has 0 unspecified atom stereocenters. The lowest BCUT2D eigenvalue weighted by atomic mass is 10.1. The summed E-state index contributed by atoms with van der Waals surface area (Å²) in [4.78, 5) is 11.8. The number of carbonyl (C=O) groups is 1. The van der Waals surface area contributed by atoms with Gasteiger partial charge in [0.1, 0.15) is 12.4 Å². The number of halogens is 5. The van der Waals surface area contributed by atoms with Crippen LogP contribution in [-0.2, 0) is 17.5 Å². The van der Waals surface area contributed by atoms with Crippen LogP contribution in [0.1, 0.15) is 21.5 Å². The molecular weight excluding hydrogens is 324 g/mol. The minimum absolute atomic E-state index is 0.159. The Morgan fingerprint density at radius 3 is 2.36 bits per heavy atom. The number of esters is 1. The maximum absolute atomic E-state index is 13.3. The zero-order valence-corrected chi connectivity index (χ0v) is 11.7. The zero-order chi connectivity index (χ0) is 16.3. The Morgan fingerprint density at radius 1 is 1.14 bits per heavy atom. The van der Waals surface area contributed by atoms with Gasteiger partial charge >= 0.3 is 12.1 Å². The molecule has 0 spiro atoms. The number of ether oxygens (including phenoxy) is 1. The van der Waals surface area contributed by atoms with E-state index in [9.17, 15) is 22.4 Å². The van der Waals surface area contributed by atoms with Gasteiger partial charge in [-0.05, 0) is 17.7 Å². The van der Waals surface area contributed by atoms with E-state index in [4.69, 9.17) is 16.3 Å². The van der Waals surface area contributed by atoms with Crippen LogP contribution >= 0.6 is 11.6 Å². The van der Waals surface area contributed by atoms with Crippen molar-refractivity contribution in [2.24, 2.45) is 0 Å². The molecule has 22 heavy (non-hydrogen) atoms. The van der Waals surface area contributed by atoms with E-state index in [1.807, 2.05) is 0 Å². The Bertz CT molecular complexity index is 684. The number of alkyl halides is 3. The van der Waals surface area contributed by atoms with Gasteiger partial charge in [-0.25, -0.2) is 9.18 Å². The summed E-state index contributed by atoms with van der Waals surface area (Å²) in [5.74, 6) is -2.35. The minimum atomic E-state index is -4.87. The standard InChI is InChI=1S/C15H9ClF4O2/c16-13-11(6-10(17)7-12(13)15(18,19)20)14(21)22-8-9-4-2-1-3-5-9/h1-7H,8H2. The fourth-order valence-electron chi connectivity index (χ4n) is 1.74. The number of hydrogen-bond acceptors (Lipinski definition) is 2. The van der Waals surface area contributed by atoms with Crippen LogP contribution in [0.25, 0.3) is 0 Å². The number of rotatable bonds is 3. The lowest BCUT2D eigenvalue weighted by Crippen LogP contribution is -2.12. The summed E-state index contributed by atoms with van der Waals surface area (Å²) in [7, 11) is 0. The Kier molecular flexibility index (Phi) is 4.71. The van der Waals surface area contributed by atoms with Crippen LogP contribution in [0.15, 0.2) is 42.5 Å². The summed E-state index contributed by atoms with van der Waals surface area (Å²) < 4.78 is 56.3. The van der Waals surface area contributed by atoms with Gasteiger partial charge in [0, 0.05) is 0 Å². The van der Waals surface area contributed by atoms with Crippen LogP contribution in [0, 0.1) is 5.82 Å². The second-order valence-electron chi connectivity index (χ2n) is 4.37. The first-order valence-corrected chi connectivity index (χ1v) is 6.44. The average Bonchev–Trinajstić information content (AvgIpc) is 2.46. The van der Waals surface area contributed by atoms with Crippen molar-refractivity contribution in [3.05, 3.63) is 70.0 Å². The first-order valence-electron chi connectivity index (χ1n) is 6.06. The molecule has 0 fully saturated rings. The average molecular weight is 333 g/mol. The highest BCUT2D eigenvalue weighted by Crippen LogP contribution is 2.37. The molecule has 0 saturated heterocycles. The Balaban J connectivity index is 2.25. The van der Waals surface area contributed by atoms with Crippen molar-refractivity contribution in [2.75, 3.05) is 0 Å². The van der Waals surface area contributed by atoms with Crippen molar-refractivity contribution in [1.29, 1.82) is 0 Å². The zero-order valence-electron chi connectivity index (χ0n) is 11.0. The Hall–Kier alpha value is -2.08. The molecule has 2 rings (SSSR count). The lowest BCUT2D eigenvalue weighted by molar-refractivity contribution is -0.137. The van der Waals surface area contributed by atoms with E-state index < -0.39 is 34.1 Å². The van der Waals surface area contributed by atoms with Gasteiger partial charge in [0.05, 0.1) is 16.1 Å². The van der Waals surface area contributed by atoms with Crippen LogP contribution in [0.3, 0.4) is 0 Å². The Labute approximate surface area is 128 Å². The molecule has 0 aromatic heterocycles. The van der Waals surface area contributed by atoms with E-state index in [0.717, 1.165) is 0 Å². The minimum Gasteiger partial charge on any atom is -0.457 e. The van der Waals surface area contributed by atoms with Gasteiger partial charge < -0.3 is 4.74 Å². The van der Waals surface area contributed by atoms with Gasteiger partial charge in [-0.3, -0.25) is 0 Å². The van der Waals surface area contributed by atoms with Gasteiger partial charge in [-0.1, -0.05) is 41.9 Å². The van der Waals surface area contributed by atoms with Crippen LogP contribution in [0.2, 0.25) is 5.02 Å². The summed E-state index contributed by atoms with van der Waals surface area (Å²) in [6.07, 6.45) is -4.87. The summed E-state index contributed by atoms with van der Waals surface area (Å²) in [5, 5.41) is -0.882. The van der Waals surface area contributed by atoms with E-state index in [1.165, 1.54) is 0 Å². The maximum atomic E-state index is 13.3. The lowest BCUT2D eigenvalue weighted by Gasteiger charge is -2.12. The predicted octanol–water partition coefficient (Wildman–Crippen LogP) is 4.85. The maximum Gasteiger partial charge on any atom is 0.417 e. The summed E-state index contributed by atoms with van der Waals surface area (Å²) in [6.45, 7) is -0.159. The highest BCUT2D eigenvalue weighted by molar-refractivity contribution is 6.34. The van der Waals surface area contributed by atoms with Gasteiger partial charge in [-0.2, -0.15) is 13.2 Å². The van der Waals surface area contributed by atoms with Gasteiger partial charge in [0.2, 0.25) is 0 Å². The van der Waals surface area contributed by atoms with Crippen molar-refractivity contribution >= 4 is 17.6 Å². The first-order chi connectivity index (χ1) is 10.3. The molecular formula is C15H9ClF4O2. The molecule has 2 aromatic rings. The van der Waals surface area contributed by atoms with Gasteiger partial charge in [0.25, 0.3) is 0 Å². The monoisotopic (exact) mass is 332 g/mol. The third-order valence-corrected chi connectivity index (χ3v) is 3.18. The second-order valence-corrected chi connectivity index (χ2v) is 4.75. The second kappa shape index (κ2) is 6.36. The molecule has 0 N–H and O–H groups in total. The third-order valence-electron chi connectivity index (χ3n) is 2.78. The summed E-state index contributed by atoms with van der Waals surface area (Å²) >= 11 is 5.55. The largest absolute Gasteiger partial charge is 0.457 e. The molecule has 2 nitrogen and oxygen atoms in total. The molecule has 0 amide bonds. The fraction of sp³-hybridized carbons (Fsp3) is 0.133. The molecule has 0 radical (unpaired) electrons. The summed E-state index contributed by atoms with van der Waals surface area (Å²) in [5.41, 5.74) is -1.44. The van der Waals surface area contributed by atoms with Crippen molar-refractivity contribution in [3.63, 3.8) is 0 Å². The molecule has 7 heteroatoms. The number of carbonyl (C=O) groups excluding carboxylic acids is 1. The smallest absolute Gasteiger partial charge is 0.417 e. The number of benzene rings is 2.